The lowest BCUT2D eigenvalue weighted by Gasteiger charge is -2.09. The number of amides is 1. The van der Waals surface area contributed by atoms with Gasteiger partial charge in [-0.2, -0.15) is 5.10 Å². The van der Waals surface area contributed by atoms with Gasteiger partial charge in [-0.15, -0.1) is 0 Å². The van der Waals surface area contributed by atoms with Crippen molar-refractivity contribution in [3.05, 3.63) is 92.4 Å². The molecule has 3 aromatic rings. The molecule has 0 saturated heterocycles. The molecule has 0 bridgehead atoms. The number of ether oxygens (including phenoxy) is 2. The first kappa shape index (κ1) is 23.0. The number of rotatable bonds is 9. The van der Waals surface area contributed by atoms with Gasteiger partial charge in [-0.05, 0) is 88.1 Å². The molecule has 3 rings (SSSR count). The zero-order chi connectivity index (χ0) is 22.1. The predicted octanol–water partition coefficient (Wildman–Crippen LogP) is 6.34. The van der Waals surface area contributed by atoms with E-state index in [9.17, 15) is 4.79 Å². The van der Waals surface area contributed by atoms with Crippen molar-refractivity contribution < 1.29 is 14.3 Å². The van der Waals surface area contributed by atoms with Gasteiger partial charge >= 0.3 is 0 Å². The highest BCUT2D eigenvalue weighted by Crippen LogP contribution is 2.26. The van der Waals surface area contributed by atoms with Gasteiger partial charge in [0.25, 0.3) is 5.91 Å². The second kappa shape index (κ2) is 11.7. The number of benzene rings is 3. The van der Waals surface area contributed by atoms with Gasteiger partial charge in [-0.25, -0.2) is 5.43 Å². The van der Waals surface area contributed by atoms with Crippen molar-refractivity contribution >= 4 is 44.0 Å². The number of nitrogens with zero attached hydrogens (tertiary/aromatic N) is 1. The molecule has 0 radical (unpaired) electrons. The maximum atomic E-state index is 12.2. The van der Waals surface area contributed by atoms with Gasteiger partial charge in [0.15, 0.2) is 0 Å². The molecule has 0 aromatic heterocycles. The number of carbonyl (C=O) groups excluding carboxylic acids is 1. The molecule has 7 heteroatoms. The topological polar surface area (TPSA) is 59.9 Å². The Morgan fingerprint density at radius 1 is 1.00 bits per heavy atom. The molecule has 0 spiro atoms. The Labute approximate surface area is 198 Å². The molecule has 1 amide bonds. The van der Waals surface area contributed by atoms with Crippen LogP contribution in [-0.4, -0.2) is 18.7 Å². The Morgan fingerprint density at radius 2 is 1.74 bits per heavy atom. The summed E-state index contributed by atoms with van der Waals surface area (Å²) in [7, 11) is 0. The van der Waals surface area contributed by atoms with E-state index in [1.807, 2.05) is 49.4 Å². The van der Waals surface area contributed by atoms with Gasteiger partial charge in [0.05, 0.1) is 17.3 Å². The molecule has 1 N–H and O–H groups in total. The van der Waals surface area contributed by atoms with Crippen LogP contribution >= 0.6 is 31.9 Å². The van der Waals surface area contributed by atoms with Gasteiger partial charge in [-0.1, -0.05) is 35.0 Å². The van der Waals surface area contributed by atoms with Crippen LogP contribution in [0.5, 0.6) is 11.5 Å². The highest BCUT2D eigenvalue weighted by molar-refractivity contribution is 9.10. The number of hydrogen-bond acceptors (Lipinski definition) is 4. The van der Waals surface area contributed by atoms with Crippen LogP contribution in [0.1, 0.15) is 34.8 Å². The maximum absolute atomic E-state index is 12.2. The van der Waals surface area contributed by atoms with Crippen molar-refractivity contribution in [3.63, 3.8) is 0 Å². The monoisotopic (exact) mass is 544 g/mol. The molecule has 160 valence electrons. The minimum absolute atomic E-state index is 0.285. The number of nitrogens with one attached hydrogen (secondary N) is 1. The number of carbonyl (C=O) groups is 1. The quantitative estimate of drug-likeness (QED) is 0.252. The minimum atomic E-state index is -0.285. The summed E-state index contributed by atoms with van der Waals surface area (Å²) in [6, 6.07) is 20.6. The van der Waals surface area contributed by atoms with Crippen LogP contribution in [0.3, 0.4) is 0 Å². The zero-order valence-electron chi connectivity index (χ0n) is 17.0. The number of hydrazone groups is 1. The highest BCUT2D eigenvalue weighted by atomic mass is 79.9. The molecule has 31 heavy (non-hydrogen) atoms. The first-order chi connectivity index (χ1) is 15.0. The Balaban J connectivity index is 1.52. The molecule has 0 atom stereocenters. The van der Waals surface area contributed by atoms with Crippen molar-refractivity contribution in [1.82, 2.24) is 5.43 Å². The van der Waals surface area contributed by atoms with Crippen LogP contribution in [0.15, 0.2) is 80.8 Å². The second-order valence-electron chi connectivity index (χ2n) is 6.68. The number of halogens is 2. The van der Waals surface area contributed by atoms with Crippen molar-refractivity contribution in [2.75, 3.05) is 6.61 Å². The average molecular weight is 546 g/mol. The second-order valence-corrected chi connectivity index (χ2v) is 8.45. The summed E-state index contributed by atoms with van der Waals surface area (Å²) in [5.74, 6) is 1.19. The maximum Gasteiger partial charge on any atom is 0.271 e. The summed E-state index contributed by atoms with van der Waals surface area (Å²) in [5.41, 5.74) is 4.95. The van der Waals surface area contributed by atoms with Crippen LogP contribution in [-0.2, 0) is 6.61 Å². The smallest absolute Gasteiger partial charge is 0.271 e. The van der Waals surface area contributed by atoms with Crippen LogP contribution in [0.2, 0.25) is 0 Å². The first-order valence-electron chi connectivity index (χ1n) is 9.78. The Kier molecular flexibility index (Phi) is 8.67. The number of hydrogen-bond donors (Lipinski definition) is 1. The Bertz CT molecular complexity index is 1040. The Hall–Kier alpha value is -2.64. The fourth-order valence-electron chi connectivity index (χ4n) is 2.61. The highest BCUT2D eigenvalue weighted by Gasteiger charge is 2.05. The van der Waals surface area contributed by atoms with Crippen LogP contribution in [0, 0.1) is 0 Å². The van der Waals surface area contributed by atoms with Crippen molar-refractivity contribution in [1.29, 1.82) is 0 Å². The van der Waals surface area contributed by atoms with Crippen LogP contribution in [0.25, 0.3) is 0 Å². The fraction of sp³-hybridized carbons (Fsp3) is 0.167. The standard InChI is InChI=1S/C24H22Br2N2O3/c1-2-13-30-21-10-6-19(7-11-21)24(29)28-27-15-18-5-12-23(22(26)14-18)31-16-17-3-8-20(25)9-4-17/h3-12,14-15H,2,13,16H2,1H3,(H,28,29)/b27-15-. The predicted molar refractivity (Wildman–Crippen MR) is 130 cm³/mol. The minimum Gasteiger partial charge on any atom is -0.494 e. The van der Waals surface area contributed by atoms with Crippen LogP contribution in [0.4, 0.5) is 0 Å². The van der Waals surface area contributed by atoms with E-state index in [0.717, 1.165) is 38.0 Å². The third kappa shape index (κ3) is 7.22. The molecule has 0 fully saturated rings. The summed E-state index contributed by atoms with van der Waals surface area (Å²) >= 11 is 6.94. The third-order valence-corrected chi connectivity index (χ3v) is 5.38. The lowest BCUT2D eigenvalue weighted by Crippen LogP contribution is -2.17. The van der Waals surface area contributed by atoms with E-state index in [1.54, 1.807) is 30.5 Å². The van der Waals surface area contributed by atoms with Gasteiger partial charge in [0, 0.05) is 10.0 Å². The van der Waals surface area contributed by atoms with E-state index in [2.05, 4.69) is 42.4 Å². The largest absolute Gasteiger partial charge is 0.494 e. The van der Waals surface area contributed by atoms with E-state index in [0.29, 0.717) is 18.8 Å². The molecule has 0 aliphatic rings. The summed E-state index contributed by atoms with van der Waals surface area (Å²) in [6.45, 7) is 3.17. The summed E-state index contributed by atoms with van der Waals surface area (Å²) < 4.78 is 13.2. The van der Waals surface area contributed by atoms with E-state index in [-0.39, 0.29) is 5.91 Å². The molecular weight excluding hydrogens is 524 g/mol. The van der Waals surface area contributed by atoms with E-state index < -0.39 is 0 Å². The molecule has 0 aliphatic carbocycles. The molecule has 0 heterocycles. The van der Waals surface area contributed by atoms with Gasteiger partial charge in [0.1, 0.15) is 18.1 Å². The first-order valence-corrected chi connectivity index (χ1v) is 11.4. The SMILES string of the molecule is CCCOc1ccc(C(=O)N/N=C\c2ccc(OCc3ccc(Br)cc3)c(Br)c2)cc1. The third-order valence-electron chi connectivity index (χ3n) is 4.23. The van der Waals surface area contributed by atoms with Crippen molar-refractivity contribution in [3.8, 4) is 11.5 Å². The molecular formula is C24H22Br2N2O3. The van der Waals surface area contributed by atoms with Gasteiger partial charge in [0.2, 0.25) is 0 Å². The lowest BCUT2D eigenvalue weighted by molar-refractivity contribution is 0.0955. The van der Waals surface area contributed by atoms with E-state index in [4.69, 9.17) is 9.47 Å². The average Bonchev–Trinajstić information content (AvgIpc) is 2.78. The van der Waals surface area contributed by atoms with Gasteiger partial charge < -0.3 is 9.47 Å². The molecule has 5 nitrogen and oxygen atoms in total. The zero-order valence-corrected chi connectivity index (χ0v) is 20.1. The molecule has 0 unspecified atom stereocenters. The molecule has 3 aromatic carbocycles. The molecule has 0 aliphatic heterocycles. The van der Waals surface area contributed by atoms with Crippen LogP contribution < -0.4 is 14.9 Å². The normalized spacial score (nSPS) is 10.8. The summed E-state index contributed by atoms with van der Waals surface area (Å²) in [5, 5.41) is 4.04. The fourth-order valence-corrected chi connectivity index (χ4v) is 3.38. The van der Waals surface area contributed by atoms with Gasteiger partial charge in [-0.3, -0.25) is 4.79 Å². The van der Waals surface area contributed by atoms with Crippen molar-refractivity contribution in [2.24, 2.45) is 5.10 Å². The van der Waals surface area contributed by atoms with E-state index >= 15 is 0 Å². The summed E-state index contributed by atoms with van der Waals surface area (Å²) in [4.78, 5) is 12.2. The Morgan fingerprint density at radius 3 is 2.42 bits per heavy atom. The lowest BCUT2D eigenvalue weighted by atomic mass is 10.2. The summed E-state index contributed by atoms with van der Waals surface area (Å²) in [6.07, 6.45) is 2.52. The molecule has 0 saturated carbocycles. The van der Waals surface area contributed by atoms with Crippen molar-refractivity contribution in [2.45, 2.75) is 20.0 Å². The van der Waals surface area contributed by atoms with E-state index in [1.165, 1.54) is 0 Å².